The summed E-state index contributed by atoms with van der Waals surface area (Å²) in [5.74, 6) is 2.43. The zero-order chi connectivity index (χ0) is 15.1. The zero-order valence-corrected chi connectivity index (χ0v) is 12.2. The second kappa shape index (κ2) is 5.15. The Morgan fingerprint density at radius 1 is 1.18 bits per heavy atom. The third-order valence-electron chi connectivity index (χ3n) is 4.24. The van der Waals surface area contributed by atoms with E-state index in [1.165, 1.54) is 0 Å². The molecule has 0 atom stereocenters. The van der Waals surface area contributed by atoms with E-state index in [0.717, 1.165) is 42.8 Å². The van der Waals surface area contributed by atoms with Crippen molar-refractivity contribution >= 4 is 0 Å². The molecule has 0 amide bonds. The normalized spacial score (nSPS) is 17.3. The number of aliphatic hydroxyl groups is 1. The molecular weight excluding hydrogens is 278 g/mol. The highest BCUT2D eigenvalue weighted by Crippen LogP contribution is 2.51. The van der Waals surface area contributed by atoms with Crippen LogP contribution in [0.5, 0.6) is 11.5 Å². The molecule has 0 saturated heterocycles. The molecule has 5 heteroatoms. The molecule has 4 rings (SSSR count). The summed E-state index contributed by atoms with van der Waals surface area (Å²) >= 11 is 0. The standard InChI is InChI=1S/C17H17N3O2/c18-9-11-1-7-14(8-2-11)22-17-15(12-3-4-12)19-20(10-21)16(17)13-5-6-13/h1-2,7-8,12-13,21H,3-6,10H2. The molecule has 0 bridgehead atoms. The maximum atomic E-state index is 9.58. The minimum absolute atomic E-state index is 0.109. The fraction of sp³-hybridized carbons (Fsp3) is 0.412. The Morgan fingerprint density at radius 3 is 2.41 bits per heavy atom. The monoisotopic (exact) mass is 295 g/mol. The Labute approximate surface area is 128 Å². The Hall–Kier alpha value is -2.32. The number of benzene rings is 1. The fourth-order valence-electron chi connectivity index (χ4n) is 2.78. The minimum atomic E-state index is -0.109. The van der Waals surface area contributed by atoms with Crippen LogP contribution >= 0.6 is 0 Å². The lowest BCUT2D eigenvalue weighted by atomic mass is 10.2. The van der Waals surface area contributed by atoms with Crippen LogP contribution in [0.1, 0.15) is 54.5 Å². The molecule has 1 aromatic heterocycles. The van der Waals surface area contributed by atoms with Gasteiger partial charge in [-0.3, -0.25) is 0 Å². The Balaban J connectivity index is 1.72. The molecule has 112 valence electrons. The Morgan fingerprint density at radius 2 is 1.86 bits per heavy atom. The van der Waals surface area contributed by atoms with Crippen LogP contribution in [0, 0.1) is 11.3 Å². The summed E-state index contributed by atoms with van der Waals surface area (Å²) in [6.07, 6.45) is 4.52. The molecule has 1 aromatic carbocycles. The summed E-state index contributed by atoms with van der Waals surface area (Å²) in [4.78, 5) is 0. The zero-order valence-electron chi connectivity index (χ0n) is 12.2. The number of nitrogens with zero attached hydrogens (tertiary/aromatic N) is 3. The SMILES string of the molecule is N#Cc1ccc(Oc2c(C3CC3)nn(CO)c2C2CC2)cc1. The van der Waals surface area contributed by atoms with Gasteiger partial charge in [0.2, 0.25) is 0 Å². The number of hydrogen-bond acceptors (Lipinski definition) is 4. The summed E-state index contributed by atoms with van der Waals surface area (Å²) in [6.45, 7) is -0.109. The van der Waals surface area contributed by atoms with E-state index in [2.05, 4.69) is 11.2 Å². The largest absolute Gasteiger partial charge is 0.453 e. The van der Waals surface area contributed by atoms with Gasteiger partial charge < -0.3 is 9.84 Å². The highest BCUT2D eigenvalue weighted by Gasteiger charge is 2.38. The minimum Gasteiger partial charge on any atom is -0.453 e. The van der Waals surface area contributed by atoms with Crippen molar-refractivity contribution in [2.24, 2.45) is 0 Å². The van der Waals surface area contributed by atoms with E-state index in [9.17, 15) is 5.11 Å². The van der Waals surface area contributed by atoms with Gasteiger partial charge in [-0.25, -0.2) is 4.68 Å². The van der Waals surface area contributed by atoms with Gasteiger partial charge in [-0.2, -0.15) is 10.4 Å². The van der Waals surface area contributed by atoms with E-state index in [0.29, 0.717) is 23.1 Å². The average Bonchev–Trinajstić information content (AvgIpc) is 3.46. The maximum Gasteiger partial charge on any atom is 0.172 e. The third kappa shape index (κ3) is 2.36. The number of rotatable bonds is 5. The number of aliphatic hydroxyl groups excluding tert-OH is 1. The van der Waals surface area contributed by atoms with Crippen molar-refractivity contribution < 1.29 is 9.84 Å². The second-order valence-electron chi connectivity index (χ2n) is 6.03. The van der Waals surface area contributed by atoms with Crippen LogP contribution in [0.4, 0.5) is 0 Å². The molecule has 0 unspecified atom stereocenters. The van der Waals surface area contributed by atoms with Crippen LogP contribution in [0.3, 0.4) is 0 Å². The lowest BCUT2D eigenvalue weighted by molar-refractivity contribution is 0.190. The summed E-state index contributed by atoms with van der Waals surface area (Å²) in [6, 6.07) is 9.22. The van der Waals surface area contributed by atoms with E-state index in [1.54, 1.807) is 16.8 Å². The molecular formula is C17H17N3O2. The Bertz CT molecular complexity index is 734. The van der Waals surface area contributed by atoms with Gasteiger partial charge in [0.1, 0.15) is 18.2 Å². The van der Waals surface area contributed by atoms with E-state index in [-0.39, 0.29) is 6.73 Å². The van der Waals surface area contributed by atoms with E-state index in [1.807, 2.05) is 12.1 Å². The number of aromatic nitrogens is 2. The van der Waals surface area contributed by atoms with Crippen LogP contribution in [-0.2, 0) is 6.73 Å². The molecule has 1 N–H and O–H groups in total. The van der Waals surface area contributed by atoms with Gasteiger partial charge in [-0.05, 0) is 49.9 Å². The van der Waals surface area contributed by atoms with Crippen LogP contribution in [0.15, 0.2) is 24.3 Å². The van der Waals surface area contributed by atoms with E-state index in [4.69, 9.17) is 10.00 Å². The molecule has 5 nitrogen and oxygen atoms in total. The molecule has 1 heterocycles. The summed E-state index contributed by atoms with van der Waals surface area (Å²) in [5, 5.41) is 23.0. The number of ether oxygens (including phenoxy) is 1. The number of nitriles is 1. The van der Waals surface area contributed by atoms with E-state index >= 15 is 0 Å². The number of hydrogen-bond donors (Lipinski definition) is 1. The maximum absolute atomic E-state index is 9.58. The van der Waals surface area contributed by atoms with Crippen molar-refractivity contribution in [3.05, 3.63) is 41.2 Å². The fourth-order valence-corrected chi connectivity index (χ4v) is 2.78. The van der Waals surface area contributed by atoms with Gasteiger partial charge in [0.05, 0.1) is 17.3 Å². The van der Waals surface area contributed by atoms with Crippen LogP contribution in [-0.4, -0.2) is 14.9 Å². The predicted molar refractivity (Wildman–Crippen MR) is 79.6 cm³/mol. The van der Waals surface area contributed by atoms with Crippen molar-refractivity contribution in [2.75, 3.05) is 0 Å². The summed E-state index contributed by atoms with van der Waals surface area (Å²) in [5.41, 5.74) is 2.61. The van der Waals surface area contributed by atoms with Gasteiger partial charge in [-0.1, -0.05) is 0 Å². The topological polar surface area (TPSA) is 71.1 Å². The van der Waals surface area contributed by atoms with Gasteiger partial charge in [0.25, 0.3) is 0 Å². The van der Waals surface area contributed by atoms with Crippen molar-refractivity contribution in [1.82, 2.24) is 9.78 Å². The molecule has 2 aromatic rings. The quantitative estimate of drug-likeness (QED) is 0.919. The molecule has 2 aliphatic rings. The lowest BCUT2D eigenvalue weighted by Crippen LogP contribution is -2.04. The first-order valence-corrected chi connectivity index (χ1v) is 7.69. The average molecular weight is 295 g/mol. The van der Waals surface area contributed by atoms with Gasteiger partial charge >= 0.3 is 0 Å². The van der Waals surface area contributed by atoms with Crippen molar-refractivity contribution in [3.63, 3.8) is 0 Å². The van der Waals surface area contributed by atoms with Crippen LogP contribution in [0.25, 0.3) is 0 Å². The highest BCUT2D eigenvalue weighted by atomic mass is 16.5. The van der Waals surface area contributed by atoms with Gasteiger partial charge in [-0.15, -0.1) is 0 Å². The lowest BCUT2D eigenvalue weighted by Gasteiger charge is -2.09. The van der Waals surface area contributed by atoms with Crippen molar-refractivity contribution in [2.45, 2.75) is 44.2 Å². The molecule has 2 aliphatic carbocycles. The molecule has 2 fully saturated rings. The molecule has 0 spiro atoms. The summed E-state index contributed by atoms with van der Waals surface area (Å²) in [7, 11) is 0. The molecule has 0 aliphatic heterocycles. The third-order valence-corrected chi connectivity index (χ3v) is 4.24. The highest BCUT2D eigenvalue weighted by molar-refractivity contribution is 5.45. The predicted octanol–water partition coefficient (Wildman–Crippen LogP) is 3.25. The molecule has 2 saturated carbocycles. The van der Waals surface area contributed by atoms with Crippen molar-refractivity contribution in [1.29, 1.82) is 5.26 Å². The van der Waals surface area contributed by atoms with Crippen molar-refractivity contribution in [3.8, 4) is 17.6 Å². The Kier molecular flexibility index (Phi) is 3.12. The second-order valence-corrected chi connectivity index (χ2v) is 6.03. The van der Waals surface area contributed by atoms with Gasteiger partial charge in [0.15, 0.2) is 5.75 Å². The molecule has 22 heavy (non-hydrogen) atoms. The molecule has 0 radical (unpaired) electrons. The first-order valence-electron chi connectivity index (χ1n) is 7.69. The van der Waals surface area contributed by atoms with E-state index < -0.39 is 0 Å². The summed E-state index contributed by atoms with van der Waals surface area (Å²) < 4.78 is 7.81. The first kappa shape index (κ1) is 13.4. The first-order chi connectivity index (χ1) is 10.8. The van der Waals surface area contributed by atoms with Crippen LogP contribution < -0.4 is 4.74 Å². The smallest absolute Gasteiger partial charge is 0.172 e. The van der Waals surface area contributed by atoms with Gasteiger partial charge in [0, 0.05) is 11.8 Å². The van der Waals surface area contributed by atoms with Crippen LogP contribution in [0.2, 0.25) is 0 Å².